The molecule has 2 aromatic carbocycles. The van der Waals surface area contributed by atoms with Crippen molar-refractivity contribution in [2.75, 3.05) is 28.9 Å². The van der Waals surface area contributed by atoms with E-state index in [4.69, 9.17) is 16.3 Å². The number of nitrogens with zero attached hydrogens (tertiary/aromatic N) is 1. The van der Waals surface area contributed by atoms with Crippen LogP contribution < -0.4 is 26.0 Å². The first-order chi connectivity index (χ1) is 17.1. The quantitative estimate of drug-likeness (QED) is 0.323. The van der Waals surface area contributed by atoms with Gasteiger partial charge in [0.1, 0.15) is 23.1 Å². The second kappa shape index (κ2) is 11.4. The molecule has 9 nitrogen and oxygen atoms in total. The van der Waals surface area contributed by atoms with Crippen molar-refractivity contribution in [2.24, 2.45) is 0 Å². The van der Waals surface area contributed by atoms with Crippen LogP contribution in [0.15, 0.2) is 60.8 Å². The zero-order chi connectivity index (χ0) is 26.3. The third-order valence-corrected chi connectivity index (χ3v) is 4.76. The number of rotatable bonds is 7. The summed E-state index contributed by atoms with van der Waals surface area (Å²) in [5, 5.41) is 9.32. The molecule has 4 N–H and O–H groups in total. The summed E-state index contributed by atoms with van der Waals surface area (Å²) < 4.78 is 45.8. The molecule has 1 aromatic heterocycles. The van der Waals surface area contributed by atoms with Gasteiger partial charge in [-0.1, -0.05) is 0 Å². The molecule has 0 atom stereocenters. The van der Waals surface area contributed by atoms with E-state index >= 15 is 0 Å². The molecule has 0 bridgehead atoms. The highest BCUT2D eigenvalue weighted by atomic mass is 35.5. The molecule has 0 radical (unpaired) electrons. The second-order valence-electron chi connectivity index (χ2n) is 7.10. The molecule has 1 heterocycles. The van der Waals surface area contributed by atoms with Crippen molar-refractivity contribution < 1.29 is 32.3 Å². The minimum atomic E-state index is -4.78. The average molecular weight is 522 g/mol. The average Bonchev–Trinajstić information content (AvgIpc) is 2.85. The van der Waals surface area contributed by atoms with E-state index in [0.717, 1.165) is 6.07 Å². The van der Waals surface area contributed by atoms with Crippen molar-refractivity contribution in [2.45, 2.75) is 6.18 Å². The zero-order valence-electron chi connectivity index (χ0n) is 18.6. The molecule has 13 heteroatoms. The molecule has 3 rings (SSSR count). The van der Waals surface area contributed by atoms with Gasteiger partial charge in [-0.25, -0.2) is 4.79 Å². The Balaban J connectivity index is 1.65. The van der Waals surface area contributed by atoms with Crippen LogP contribution in [0.4, 0.5) is 35.0 Å². The van der Waals surface area contributed by atoms with Gasteiger partial charge < -0.3 is 26.0 Å². The fourth-order valence-electron chi connectivity index (χ4n) is 2.91. The van der Waals surface area contributed by atoms with Crippen LogP contribution in [0, 0.1) is 0 Å². The van der Waals surface area contributed by atoms with Gasteiger partial charge in [0.2, 0.25) is 5.91 Å². The van der Waals surface area contributed by atoms with Gasteiger partial charge >= 0.3 is 12.2 Å². The number of hydrogen-bond acceptors (Lipinski definition) is 5. The molecular formula is C23H19ClF3N5O4. The Labute approximate surface area is 208 Å². The van der Waals surface area contributed by atoms with Crippen molar-refractivity contribution >= 4 is 46.5 Å². The fourth-order valence-corrected chi connectivity index (χ4v) is 2.98. The van der Waals surface area contributed by atoms with E-state index in [-0.39, 0.29) is 17.3 Å². The second-order valence-corrected chi connectivity index (χ2v) is 7.37. The van der Waals surface area contributed by atoms with Crippen LogP contribution in [-0.4, -0.2) is 35.8 Å². The highest BCUT2D eigenvalue weighted by Gasteiger charge is 2.34. The van der Waals surface area contributed by atoms with Gasteiger partial charge in [-0.3, -0.25) is 14.6 Å². The van der Waals surface area contributed by atoms with Crippen molar-refractivity contribution in [3.8, 4) is 11.5 Å². The van der Waals surface area contributed by atoms with Crippen LogP contribution in [0.1, 0.15) is 16.1 Å². The van der Waals surface area contributed by atoms with E-state index < -0.39 is 35.2 Å². The van der Waals surface area contributed by atoms with E-state index in [1.54, 1.807) is 18.2 Å². The van der Waals surface area contributed by atoms with Crippen molar-refractivity contribution in [1.29, 1.82) is 0 Å². The summed E-state index contributed by atoms with van der Waals surface area (Å²) in [5.74, 6) is -0.914. The number of carbonyl (C=O) groups is 3. The van der Waals surface area contributed by atoms with E-state index in [1.807, 2.05) is 0 Å². The minimum absolute atomic E-state index is 0.145. The van der Waals surface area contributed by atoms with Crippen LogP contribution in [0.5, 0.6) is 11.5 Å². The van der Waals surface area contributed by atoms with Gasteiger partial charge in [-0.15, -0.1) is 11.6 Å². The van der Waals surface area contributed by atoms with E-state index in [1.165, 1.54) is 37.5 Å². The number of ether oxygens (including phenoxy) is 1. The number of hydrogen-bond donors (Lipinski definition) is 4. The summed E-state index contributed by atoms with van der Waals surface area (Å²) in [4.78, 5) is 39.3. The number of alkyl halides is 4. The number of amides is 4. The molecular weight excluding hydrogens is 503 g/mol. The molecule has 0 spiro atoms. The number of nitrogens with one attached hydrogen (secondary N) is 4. The number of benzene rings is 2. The first-order valence-electron chi connectivity index (χ1n) is 10.2. The number of halogens is 4. The van der Waals surface area contributed by atoms with Gasteiger partial charge in [0, 0.05) is 30.7 Å². The lowest BCUT2D eigenvalue weighted by Gasteiger charge is -2.15. The number of urea groups is 1. The maximum Gasteiger partial charge on any atom is 0.418 e. The number of anilines is 3. The molecule has 0 aliphatic heterocycles. The molecule has 36 heavy (non-hydrogen) atoms. The van der Waals surface area contributed by atoms with Gasteiger partial charge in [-0.2, -0.15) is 13.2 Å². The van der Waals surface area contributed by atoms with Gasteiger partial charge in [0.05, 0.1) is 11.3 Å². The monoisotopic (exact) mass is 521 g/mol. The van der Waals surface area contributed by atoms with E-state index in [2.05, 4.69) is 26.3 Å². The smallest absolute Gasteiger partial charge is 0.418 e. The number of aromatic nitrogens is 1. The molecule has 0 saturated carbocycles. The summed E-state index contributed by atoms with van der Waals surface area (Å²) >= 11 is 5.34. The summed E-state index contributed by atoms with van der Waals surface area (Å²) in [6, 6.07) is 11.3. The number of carbonyl (C=O) groups excluding carboxylic acids is 3. The predicted molar refractivity (Wildman–Crippen MR) is 128 cm³/mol. The van der Waals surface area contributed by atoms with Gasteiger partial charge in [0.15, 0.2) is 0 Å². The Morgan fingerprint density at radius 1 is 0.917 bits per heavy atom. The molecule has 0 saturated heterocycles. The summed E-state index contributed by atoms with van der Waals surface area (Å²) in [5.41, 5.74) is -1.26. The van der Waals surface area contributed by atoms with Gasteiger partial charge in [0.25, 0.3) is 5.91 Å². The largest absolute Gasteiger partial charge is 0.457 e. The number of pyridine rings is 1. The maximum absolute atomic E-state index is 13.4. The SMILES string of the molecule is CNC(=O)c1cc(Oc2ccc(NC(=O)Nc3ccc(NC(=O)CCl)c(C(F)(F)F)c3)cc2)ccn1. The molecule has 0 aliphatic rings. The zero-order valence-corrected chi connectivity index (χ0v) is 19.3. The molecule has 4 amide bonds. The van der Waals surface area contributed by atoms with Gasteiger partial charge in [-0.05, 0) is 48.5 Å². The van der Waals surface area contributed by atoms with E-state index in [0.29, 0.717) is 23.3 Å². The first kappa shape index (κ1) is 26.3. The maximum atomic E-state index is 13.4. The first-order valence-corrected chi connectivity index (χ1v) is 10.7. The molecule has 188 valence electrons. The van der Waals surface area contributed by atoms with Crippen molar-refractivity contribution in [3.63, 3.8) is 0 Å². The summed E-state index contributed by atoms with van der Waals surface area (Å²) in [6.45, 7) is 0. The molecule has 0 fully saturated rings. The highest BCUT2D eigenvalue weighted by Crippen LogP contribution is 2.36. The lowest BCUT2D eigenvalue weighted by atomic mass is 10.1. The van der Waals surface area contributed by atoms with Crippen molar-refractivity contribution in [1.82, 2.24) is 10.3 Å². The lowest BCUT2D eigenvalue weighted by Crippen LogP contribution is -2.21. The molecule has 0 aliphatic carbocycles. The van der Waals surface area contributed by atoms with Crippen molar-refractivity contribution in [3.05, 3.63) is 72.1 Å². The Bertz CT molecular complexity index is 1270. The molecule has 3 aromatic rings. The lowest BCUT2D eigenvalue weighted by molar-refractivity contribution is -0.136. The Hall–Kier alpha value is -4.32. The topological polar surface area (TPSA) is 121 Å². The Morgan fingerprint density at radius 2 is 1.58 bits per heavy atom. The fraction of sp³-hybridized carbons (Fsp3) is 0.130. The summed E-state index contributed by atoms with van der Waals surface area (Å²) in [6.07, 6.45) is -3.36. The van der Waals surface area contributed by atoms with Crippen LogP contribution in [0.2, 0.25) is 0 Å². The van der Waals surface area contributed by atoms with Crippen LogP contribution in [0.25, 0.3) is 0 Å². The minimum Gasteiger partial charge on any atom is -0.457 e. The molecule has 0 unspecified atom stereocenters. The highest BCUT2D eigenvalue weighted by molar-refractivity contribution is 6.29. The van der Waals surface area contributed by atoms with Crippen LogP contribution in [0.3, 0.4) is 0 Å². The Morgan fingerprint density at radius 3 is 2.22 bits per heavy atom. The van der Waals surface area contributed by atoms with E-state index in [9.17, 15) is 27.6 Å². The summed E-state index contributed by atoms with van der Waals surface area (Å²) in [7, 11) is 1.48. The third kappa shape index (κ3) is 7.09. The Kier molecular flexibility index (Phi) is 8.33. The third-order valence-electron chi connectivity index (χ3n) is 4.52. The standard InChI is InChI=1S/C23H19ClF3N5O4/c1-28-21(34)19-11-16(8-9-29-19)36-15-5-2-13(3-6-15)30-22(35)31-14-4-7-18(32-20(33)12-24)17(10-14)23(25,26)27/h2-11H,12H2,1H3,(H,28,34)(H,32,33)(H2,30,31,35). The van der Waals surface area contributed by atoms with Crippen LogP contribution >= 0.6 is 11.6 Å². The predicted octanol–water partition coefficient (Wildman–Crippen LogP) is 5.07. The normalized spacial score (nSPS) is 10.8. The van der Waals surface area contributed by atoms with Crippen LogP contribution in [-0.2, 0) is 11.0 Å².